The number of amides is 2. The highest BCUT2D eigenvalue weighted by Gasteiger charge is 2.31. The molecule has 2 aromatic carbocycles. The Hall–Kier alpha value is -2.87. The minimum atomic E-state index is -3.74. The molecule has 0 aliphatic rings. The number of hydrogen-bond acceptors (Lipinski definition) is 4. The summed E-state index contributed by atoms with van der Waals surface area (Å²) in [5.41, 5.74) is 3.05. The minimum absolute atomic E-state index is 0.0249. The molecule has 0 unspecified atom stereocenters. The van der Waals surface area contributed by atoms with E-state index in [2.05, 4.69) is 5.32 Å². The second-order valence-electron chi connectivity index (χ2n) is 8.83. The van der Waals surface area contributed by atoms with Crippen LogP contribution in [0.5, 0.6) is 0 Å². The first-order valence-electron chi connectivity index (χ1n) is 11.6. The van der Waals surface area contributed by atoms with E-state index in [4.69, 9.17) is 0 Å². The van der Waals surface area contributed by atoms with E-state index >= 15 is 0 Å². The molecule has 0 aliphatic carbocycles. The van der Waals surface area contributed by atoms with Crippen molar-refractivity contribution >= 4 is 27.5 Å². The van der Waals surface area contributed by atoms with Gasteiger partial charge in [0.2, 0.25) is 21.8 Å². The molecule has 0 radical (unpaired) electrons. The third kappa shape index (κ3) is 7.32. The molecule has 7 nitrogen and oxygen atoms in total. The first-order valence-corrected chi connectivity index (χ1v) is 13.5. The summed E-state index contributed by atoms with van der Waals surface area (Å²) in [5, 5.41) is 2.93. The van der Waals surface area contributed by atoms with Crippen LogP contribution in [-0.4, -0.2) is 56.6 Å². The Morgan fingerprint density at radius 1 is 0.971 bits per heavy atom. The molecule has 0 heterocycles. The number of carbonyl (C=O) groups is 2. The molecule has 2 amide bonds. The Morgan fingerprint density at radius 3 is 2.09 bits per heavy atom. The van der Waals surface area contributed by atoms with Gasteiger partial charge in [0.1, 0.15) is 12.6 Å². The van der Waals surface area contributed by atoms with Crippen LogP contribution >= 0.6 is 0 Å². The summed E-state index contributed by atoms with van der Waals surface area (Å²) < 4.78 is 26.6. The van der Waals surface area contributed by atoms with E-state index in [1.807, 2.05) is 76.2 Å². The van der Waals surface area contributed by atoms with Crippen LogP contribution in [0.25, 0.3) is 0 Å². The fraction of sp³-hybridized carbons (Fsp3) is 0.462. The van der Waals surface area contributed by atoms with Gasteiger partial charge in [0.25, 0.3) is 0 Å². The smallest absolute Gasteiger partial charge is 0.244 e. The van der Waals surface area contributed by atoms with Crippen molar-refractivity contribution in [1.29, 1.82) is 0 Å². The van der Waals surface area contributed by atoms with Crippen molar-refractivity contribution in [3.05, 3.63) is 65.2 Å². The molecular weight excluding hydrogens is 450 g/mol. The summed E-state index contributed by atoms with van der Waals surface area (Å²) in [6.45, 7) is 9.13. The van der Waals surface area contributed by atoms with E-state index in [1.54, 1.807) is 6.92 Å². The van der Waals surface area contributed by atoms with Crippen molar-refractivity contribution in [1.82, 2.24) is 10.2 Å². The van der Waals surface area contributed by atoms with E-state index in [0.717, 1.165) is 33.7 Å². The highest BCUT2D eigenvalue weighted by atomic mass is 32.2. The van der Waals surface area contributed by atoms with Crippen molar-refractivity contribution in [2.24, 2.45) is 0 Å². The number of rotatable bonds is 11. The topological polar surface area (TPSA) is 86.8 Å². The van der Waals surface area contributed by atoms with Crippen molar-refractivity contribution in [3.8, 4) is 0 Å². The Morgan fingerprint density at radius 2 is 1.56 bits per heavy atom. The zero-order chi connectivity index (χ0) is 25.5. The molecule has 8 heteroatoms. The lowest BCUT2D eigenvalue weighted by molar-refractivity contribution is -0.139. The normalized spacial score (nSPS) is 13.1. The van der Waals surface area contributed by atoms with Gasteiger partial charge < -0.3 is 10.2 Å². The van der Waals surface area contributed by atoms with Gasteiger partial charge in [-0.25, -0.2) is 8.42 Å². The standard InChI is InChI=1S/C26H37N3O4S/c1-7-21(4)27-26(31)22(5)28(17-16-23-14-9-8-10-15-23)24(30)18-29(34(6,32)33)25-19(2)12-11-13-20(25)3/h8-15,21-22H,7,16-18H2,1-6H3,(H,27,31)/t21-,22-/m0/s1. The SMILES string of the molecule is CC[C@H](C)NC(=O)[C@H](C)N(CCc1ccccc1)C(=O)CN(c1c(C)cccc1C)S(C)(=O)=O. The average Bonchev–Trinajstić information content (AvgIpc) is 2.78. The summed E-state index contributed by atoms with van der Waals surface area (Å²) in [4.78, 5) is 27.9. The van der Waals surface area contributed by atoms with Crippen LogP contribution in [0.15, 0.2) is 48.5 Å². The van der Waals surface area contributed by atoms with E-state index < -0.39 is 22.0 Å². The summed E-state index contributed by atoms with van der Waals surface area (Å²) in [6.07, 6.45) is 2.42. The quantitative estimate of drug-likeness (QED) is 0.526. The van der Waals surface area contributed by atoms with Gasteiger partial charge in [-0.15, -0.1) is 0 Å². The summed E-state index contributed by atoms with van der Waals surface area (Å²) in [6, 6.07) is 14.4. The number of hydrogen-bond donors (Lipinski definition) is 1. The minimum Gasteiger partial charge on any atom is -0.352 e. The number of sulfonamides is 1. The van der Waals surface area contributed by atoms with Gasteiger partial charge >= 0.3 is 0 Å². The number of nitrogens with zero attached hydrogens (tertiary/aromatic N) is 2. The molecule has 2 aromatic rings. The van der Waals surface area contributed by atoms with Crippen LogP contribution in [0.3, 0.4) is 0 Å². The third-order valence-corrected chi connectivity index (χ3v) is 7.13. The van der Waals surface area contributed by atoms with Gasteiger partial charge in [0, 0.05) is 12.6 Å². The van der Waals surface area contributed by atoms with Crippen molar-refractivity contribution in [2.75, 3.05) is 23.7 Å². The molecule has 186 valence electrons. The fourth-order valence-corrected chi connectivity index (χ4v) is 4.78. The zero-order valence-electron chi connectivity index (χ0n) is 21.0. The second-order valence-corrected chi connectivity index (χ2v) is 10.7. The van der Waals surface area contributed by atoms with Crippen molar-refractivity contribution in [3.63, 3.8) is 0 Å². The molecule has 2 atom stereocenters. The molecule has 0 bridgehead atoms. The van der Waals surface area contributed by atoms with Crippen molar-refractivity contribution < 1.29 is 18.0 Å². The Kier molecular flexibility index (Phi) is 9.67. The average molecular weight is 488 g/mol. The number of para-hydroxylation sites is 1. The summed E-state index contributed by atoms with van der Waals surface area (Å²) in [5.74, 6) is -0.676. The highest BCUT2D eigenvalue weighted by molar-refractivity contribution is 7.92. The van der Waals surface area contributed by atoms with Gasteiger partial charge in [-0.1, -0.05) is 55.5 Å². The zero-order valence-corrected chi connectivity index (χ0v) is 21.9. The maximum Gasteiger partial charge on any atom is 0.244 e. The van der Waals surface area contributed by atoms with E-state index in [-0.39, 0.29) is 18.5 Å². The number of aryl methyl sites for hydroxylation is 2. The lowest BCUT2D eigenvalue weighted by Gasteiger charge is -2.32. The molecule has 0 fully saturated rings. The Balaban J connectivity index is 2.36. The molecule has 0 spiro atoms. The lowest BCUT2D eigenvalue weighted by Crippen LogP contribution is -2.53. The predicted molar refractivity (Wildman–Crippen MR) is 137 cm³/mol. The number of anilines is 1. The lowest BCUT2D eigenvalue weighted by atomic mass is 10.1. The van der Waals surface area contributed by atoms with Crippen LogP contribution in [0.1, 0.15) is 43.9 Å². The molecule has 1 N–H and O–H groups in total. The van der Waals surface area contributed by atoms with Crippen LogP contribution in [0.4, 0.5) is 5.69 Å². The third-order valence-electron chi connectivity index (χ3n) is 6.02. The fourth-order valence-electron chi connectivity index (χ4n) is 3.81. The van der Waals surface area contributed by atoms with Gasteiger partial charge in [-0.3, -0.25) is 13.9 Å². The molecule has 0 aromatic heterocycles. The van der Waals surface area contributed by atoms with Gasteiger partial charge in [0.15, 0.2) is 0 Å². The van der Waals surface area contributed by atoms with Gasteiger partial charge in [-0.05, 0) is 57.2 Å². The first-order chi connectivity index (χ1) is 16.0. The summed E-state index contributed by atoms with van der Waals surface area (Å²) >= 11 is 0. The molecule has 0 aliphatic heterocycles. The number of nitrogens with one attached hydrogen (secondary N) is 1. The maximum absolute atomic E-state index is 13.6. The van der Waals surface area contributed by atoms with Crippen LogP contribution in [0, 0.1) is 13.8 Å². The van der Waals surface area contributed by atoms with Gasteiger partial charge in [0.05, 0.1) is 11.9 Å². The molecule has 34 heavy (non-hydrogen) atoms. The first kappa shape index (κ1) is 27.4. The molecule has 2 rings (SSSR count). The molecule has 0 saturated heterocycles. The largest absolute Gasteiger partial charge is 0.352 e. The van der Waals surface area contributed by atoms with Crippen LogP contribution in [-0.2, 0) is 26.0 Å². The number of carbonyl (C=O) groups excluding carboxylic acids is 2. The van der Waals surface area contributed by atoms with E-state index in [0.29, 0.717) is 18.7 Å². The van der Waals surface area contributed by atoms with Crippen molar-refractivity contribution in [2.45, 2.75) is 59.5 Å². The maximum atomic E-state index is 13.6. The van der Waals surface area contributed by atoms with Crippen LogP contribution < -0.4 is 9.62 Å². The highest BCUT2D eigenvalue weighted by Crippen LogP contribution is 2.27. The Labute approximate surface area is 204 Å². The van der Waals surface area contributed by atoms with Gasteiger partial charge in [-0.2, -0.15) is 0 Å². The number of benzene rings is 2. The monoisotopic (exact) mass is 487 g/mol. The predicted octanol–water partition coefficient (Wildman–Crippen LogP) is 3.44. The van der Waals surface area contributed by atoms with Crippen LogP contribution in [0.2, 0.25) is 0 Å². The molecule has 0 saturated carbocycles. The second kappa shape index (κ2) is 12.0. The summed E-state index contributed by atoms with van der Waals surface area (Å²) in [7, 11) is -3.74. The Bertz CT molecular complexity index is 1070. The van der Waals surface area contributed by atoms with E-state index in [1.165, 1.54) is 4.90 Å². The molecular formula is C26H37N3O4S. The van der Waals surface area contributed by atoms with E-state index in [9.17, 15) is 18.0 Å².